The van der Waals surface area contributed by atoms with Crippen LogP contribution in [0.5, 0.6) is 11.5 Å². The van der Waals surface area contributed by atoms with Crippen LogP contribution < -0.4 is 10.1 Å². The standard InChI is InChI=1S/C23H24ClFN4O3/c1-13-20(30)5-3-4-6-32-22-8-15-19(10-21(22)31)26-12-27-23(15)28-18-9-16(24)17(25)7-14(18)11-29(13)2/h7-10,12-13,31H,3-6,11H2,1-2H3,(H,26,27,28)/t13-/m1/s1. The summed E-state index contributed by atoms with van der Waals surface area (Å²) < 4.78 is 20.1. The lowest BCUT2D eigenvalue weighted by Gasteiger charge is -2.25. The molecular formula is C23H24ClFN4O3. The van der Waals surface area contributed by atoms with Gasteiger partial charge in [0.2, 0.25) is 0 Å². The average molecular weight is 459 g/mol. The van der Waals surface area contributed by atoms with Crippen LogP contribution in [0.25, 0.3) is 10.9 Å². The summed E-state index contributed by atoms with van der Waals surface area (Å²) in [5.74, 6) is 0.301. The number of aromatic nitrogens is 2. The van der Waals surface area contributed by atoms with E-state index >= 15 is 0 Å². The molecule has 1 aliphatic rings. The van der Waals surface area contributed by atoms with Crippen molar-refractivity contribution < 1.29 is 19.0 Å². The molecule has 2 heterocycles. The van der Waals surface area contributed by atoms with Gasteiger partial charge in [-0.25, -0.2) is 14.4 Å². The fourth-order valence-corrected chi connectivity index (χ4v) is 3.86. The van der Waals surface area contributed by atoms with Gasteiger partial charge in [-0.1, -0.05) is 11.6 Å². The number of hydrogen-bond acceptors (Lipinski definition) is 7. The summed E-state index contributed by atoms with van der Waals surface area (Å²) in [6.07, 6.45) is 3.13. The van der Waals surface area contributed by atoms with Gasteiger partial charge in [-0.2, -0.15) is 0 Å². The first-order chi connectivity index (χ1) is 15.3. The quantitative estimate of drug-likeness (QED) is 0.499. The van der Waals surface area contributed by atoms with E-state index in [2.05, 4.69) is 15.3 Å². The van der Waals surface area contributed by atoms with Gasteiger partial charge in [-0.3, -0.25) is 9.69 Å². The van der Waals surface area contributed by atoms with Crippen molar-refractivity contribution in [3.8, 4) is 11.5 Å². The zero-order valence-corrected chi connectivity index (χ0v) is 18.6. The van der Waals surface area contributed by atoms with Crippen LogP contribution in [0.3, 0.4) is 0 Å². The third-order valence-corrected chi connectivity index (χ3v) is 6.03. The first kappa shape index (κ1) is 22.2. The minimum absolute atomic E-state index is 0.0277. The van der Waals surface area contributed by atoms with E-state index in [1.807, 2.05) is 18.9 Å². The number of carbonyl (C=O) groups excluding carboxylic acids is 1. The van der Waals surface area contributed by atoms with Gasteiger partial charge in [0.1, 0.15) is 23.7 Å². The van der Waals surface area contributed by atoms with E-state index in [0.29, 0.717) is 66.1 Å². The van der Waals surface area contributed by atoms with Crippen LogP contribution in [0, 0.1) is 5.82 Å². The Balaban J connectivity index is 1.83. The molecule has 1 atom stereocenters. The number of phenols is 1. The van der Waals surface area contributed by atoms with Crippen molar-refractivity contribution in [2.45, 2.75) is 38.8 Å². The number of ketones is 1. The molecule has 0 unspecified atom stereocenters. The van der Waals surface area contributed by atoms with Crippen molar-refractivity contribution in [2.24, 2.45) is 0 Å². The van der Waals surface area contributed by atoms with E-state index in [1.165, 1.54) is 24.5 Å². The number of halogens is 2. The second-order valence-corrected chi connectivity index (χ2v) is 8.38. The molecule has 9 heteroatoms. The summed E-state index contributed by atoms with van der Waals surface area (Å²) >= 11 is 6.07. The highest BCUT2D eigenvalue weighted by Gasteiger charge is 2.21. The molecule has 0 spiro atoms. The molecule has 0 aliphatic carbocycles. The van der Waals surface area contributed by atoms with Crippen LogP contribution in [-0.2, 0) is 11.3 Å². The first-order valence-corrected chi connectivity index (χ1v) is 10.8. The molecule has 3 aromatic rings. The minimum atomic E-state index is -0.540. The van der Waals surface area contributed by atoms with E-state index in [1.54, 1.807) is 6.07 Å². The number of Topliss-reactive ketones (excluding diaryl/α,β-unsaturated/α-hetero) is 1. The number of benzene rings is 2. The SMILES string of the molecule is C[C@@H]1C(=O)CCCCOc2cc3c(ncnc3cc2O)Nc2cc(Cl)c(F)cc2CN1C. The fourth-order valence-electron chi connectivity index (χ4n) is 3.69. The summed E-state index contributed by atoms with van der Waals surface area (Å²) in [5, 5.41) is 14.2. The molecule has 0 amide bonds. The average Bonchev–Trinajstić information content (AvgIpc) is 2.76. The number of likely N-dealkylation sites (N-methyl/N-ethyl adjacent to an activating group) is 1. The summed E-state index contributed by atoms with van der Waals surface area (Å²) in [6, 6.07) is 5.71. The number of aromatic hydroxyl groups is 1. The zero-order chi connectivity index (χ0) is 22.8. The van der Waals surface area contributed by atoms with Crippen molar-refractivity contribution in [3.63, 3.8) is 0 Å². The highest BCUT2D eigenvalue weighted by atomic mass is 35.5. The second kappa shape index (κ2) is 9.26. The minimum Gasteiger partial charge on any atom is -0.504 e. The van der Waals surface area contributed by atoms with Gasteiger partial charge in [0.15, 0.2) is 11.5 Å². The predicted octanol–water partition coefficient (Wildman–Crippen LogP) is 4.82. The molecule has 0 radical (unpaired) electrons. The van der Waals surface area contributed by atoms with Gasteiger partial charge in [-0.15, -0.1) is 0 Å². The van der Waals surface area contributed by atoms with Crippen LogP contribution in [0.1, 0.15) is 31.7 Å². The lowest BCUT2D eigenvalue weighted by molar-refractivity contribution is -0.123. The third kappa shape index (κ3) is 4.61. The Morgan fingerprint density at radius 1 is 1.25 bits per heavy atom. The monoisotopic (exact) mass is 458 g/mol. The molecule has 4 rings (SSSR count). The molecular weight excluding hydrogens is 435 g/mol. The Morgan fingerprint density at radius 3 is 2.88 bits per heavy atom. The van der Waals surface area contributed by atoms with Crippen LogP contribution in [0.2, 0.25) is 5.02 Å². The van der Waals surface area contributed by atoms with E-state index in [-0.39, 0.29) is 22.6 Å². The molecule has 1 aliphatic heterocycles. The maximum Gasteiger partial charge on any atom is 0.161 e. The molecule has 2 bridgehead atoms. The third-order valence-electron chi connectivity index (χ3n) is 5.74. The number of anilines is 2. The highest BCUT2D eigenvalue weighted by Crippen LogP contribution is 2.35. The number of fused-ring (bicyclic) bond motifs is 2. The predicted molar refractivity (Wildman–Crippen MR) is 121 cm³/mol. The van der Waals surface area contributed by atoms with Gasteiger partial charge < -0.3 is 15.2 Å². The Labute approximate surface area is 190 Å². The van der Waals surface area contributed by atoms with Gasteiger partial charge in [-0.05, 0) is 50.6 Å². The molecule has 7 nitrogen and oxygen atoms in total. The largest absolute Gasteiger partial charge is 0.504 e. The lowest BCUT2D eigenvalue weighted by atomic mass is 10.1. The zero-order valence-electron chi connectivity index (χ0n) is 17.9. The van der Waals surface area contributed by atoms with Crippen molar-refractivity contribution in [3.05, 3.63) is 47.0 Å². The Kier molecular flexibility index (Phi) is 6.43. The van der Waals surface area contributed by atoms with Crippen LogP contribution >= 0.6 is 11.6 Å². The first-order valence-electron chi connectivity index (χ1n) is 10.4. The van der Waals surface area contributed by atoms with E-state index < -0.39 is 5.82 Å². The molecule has 2 N–H and O–H groups in total. The normalized spacial score (nSPS) is 18.2. The maximum absolute atomic E-state index is 14.3. The topological polar surface area (TPSA) is 87.6 Å². The van der Waals surface area contributed by atoms with E-state index in [0.717, 1.165) is 0 Å². The van der Waals surface area contributed by atoms with Gasteiger partial charge in [0.25, 0.3) is 0 Å². The van der Waals surface area contributed by atoms with E-state index in [9.17, 15) is 14.3 Å². The fraction of sp³-hybridized carbons (Fsp3) is 0.348. The molecule has 1 aromatic heterocycles. The number of ether oxygens (including phenoxy) is 1. The maximum atomic E-state index is 14.3. The van der Waals surface area contributed by atoms with Crippen molar-refractivity contribution in [1.82, 2.24) is 14.9 Å². The Morgan fingerprint density at radius 2 is 2.06 bits per heavy atom. The number of nitrogens with zero attached hydrogens (tertiary/aromatic N) is 3. The van der Waals surface area contributed by atoms with E-state index in [4.69, 9.17) is 16.3 Å². The van der Waals surface area contributed by atoms with Gasteiger partial charge >= 0.3 is 0 Å². The second-order valence-electron chi connectivity index (χ2n) is 7.97. The lowest BCUT2D eigenvalue weighted by Crippen LogP contribution is -2.35. The highest BCUT2D eigenvalue weighted by molar-refractivity contribution is 6.31. The van der Waals surface area contributed by atoms with Crippen molar-refractivity contribution >= 4 is 39.8 Å². The van der Waals surface area contributed by atoms with Crippen LogP contribution in [-0.4, -0.2) is 45.5 Å². The van der Waals surface area contributed by atoms with Crippen molar-refractivity contribution in [2.75, 3.05) is 19.0 Å². The molecule has 0 saturated carbocycles. The van der Waals surface area contributed by atoms with Gasteiger partial charge in [0, 0.05) is 30.1 Å². The summed E-state index contributed by atoms with van der Waals surface area (Å²) in [7, 11) is 1.83. The number of phenolic OH excluding ortho intramolecular Hbond substituents is 1. The number of rotatable bonds is 0. The summed E-state index contributed by atoms with van der Waals surface area (Å²) in [5.41, 5.74) is 1.72. The van der Waals surface area contributed by atoms with Gasteiger partial charge in [0.05, 0.1) is 23.2 Å². The summed E-state index contributed by atoms with van der Waals surface area (Å²) in [6.45, 7) is 2.55. The Hall–Kier alpha value is -2.97. The smallest absolute Gasteiger partial charge is 0.161 e. The molecule has 2 aromatic carbocycles. The molecule has 168 valence electrons. The number of hydrogen-bond donors (Lipinski definition) is 2. The van der Waals surface area contributed by atoms with Crippen LogP contribution in [0.4, 0.5) is 15.9 Å². The number of carbonyl (C=O) groups is 1. The number of nitrogens with one attached hydrogen (secondary N) is 1. The molecule has 32 heavy (non-hydrogen) atoms. The van der Waals surface area contributed by atoms with Crippen molar-refractivity contribution in [1.29, 1.82) is 0 Å². The molecule has 0 fully saturated rings. The summed E-state index contributed by atoms with van der Waals surface area (Å²) in [4.78, 5) is 23.1. The Bertz CT molecular complexity index is 1170. The van der Waals surface area contributed by atoms with Crippen LogP contribution in [0.15, 0.2) is 30.6 Å². The molecule has 0 saturated heterocycles.